The monoisotopic (exact) mass is 267 g/mol. The lowest BCUT2D eigenvalue weighted by molar-refractivity contribution is 0.563. The Morgan fingerprint density at radius 1 is 1.18 bits per heavy atom. The average molecular weight is 267 g/mol. The van der Waals surface area contributed by atoms with Gasteiger partial charge in [0.05, 0.1) is 21.4 Å². The Labute approximate surface area is 110 Å². The van der Waals surface area contributed by atoms with Crippen molar-refractivity contribution >= 4 is 22.7 Å². The van der Waals surface area contributed by atoms with E-state index in [4.69, 9.17) is 0 Å². The largest absolute Gasteiger partial charge is 0.308 e. The van der Waals surface area contributed by atoms with E-state index in [-0.39, 0.29) is 0 Å². The van der Waals surface area contributed by atoms with Gasteiger partial charge < -0.3 is 5.32 Å². The van der Waals surface area contributed by atoms with Crippen LogP contribution in [-0.4, -0.2) is 16.5 Å². The summed E-state index contributed by atoms with van der Waals surface area (Å²) in [6, 6.07) is 0.319. The molecular formula is C12H17N3S2. The number of hydrogen-bond acceptors (Lipinski definition) is 5. The summed E-state index contributed by atoms with van der Waals surface area (Å²) in [6.45, 7) is 7.18. The second kappa shape index (κ2) is 5.71. The molecule has 0 radical (unpaired) electrons. The number of thiazole rings is 2. The SMILES string of the molecule is Cc1nc(CCNC(C)c2csc(C)n2)cs1. The Kier molecular flexibility index (Phi) is 4.25. The molecule has 1 unspecified atom stereocenters. The fourth-order valence-electron chi connectivity index (χ4n) is 1.62. The first-order chi connectivity index (χ1) is 8.15. The molecule has 0 bridgehead atoms. The van der Waals surface area contributed by atoms with Crippen LogP contribution in [0.15, 0.2) is 10.8 Å². The number of aromatic nitrogens is 2. The number of aryl methyl sites for hydroxylation is 2. The molecule has 2 heterocycles. The summed E-state index contributed by atoms with van der Waals surface area (Å²) in [5.74, 6) is 0. The average Bonchev–Trinajstić information content (AvgIpc) is 2.88. The van der Waals surface area contributed by atoms with Gasteiger partial charge in [0.2, 0.25) is 0 Å². The van der Waals surface area contributed by atoms with Gasteiger partial charge >= 0.3 is 0 Å². The van der Waals surface area contributed by atoms with Crippen molar-refractivity contribution in [3.63, 3.8) is 0 Å². The molecule has 0 saturated heterocycles. The lowest BCUT2D eigenvalue weighted by atomic mass is 10.2. The highest BCUT2D eigenvalue weighted by molar-refractivity contribution is 7.09. The van der Waals surface area contributed by atoms with E-state index in [0.717, 1.165) is 28.7 Å². The minimum atomic E-state index is 0.319. The van der Waals surface area contributed by atoms with Crippen LogP contribution in [0.3, 0.4) is 0 Å². The predicted octanol–water partition coefficient (Wildman–Crippen LogP) is 3.11. The minimum absolute atomic E-state index is 0.319. The third kappa shape index (κ3) is 3.59. The van der Waals surface area contributed by atoms with E-state index in [9.17, 15) is 0 Å². The van der Waals surface area contributed by atoms with Gasteiger partial charge in [-0.05, 0) is 20.8 Å². The van der Waals surface area contributed by atoms with Crippen LogP contribution in [-0.2, 0) is 6.42 Å². The van der Waals surface area contributed by atoms with Crippen molar-refractivity contribution in [3.05, 3.63) is 32.2 Å². The van der Waals surface area contributed by atoms with E-state index >= 15 is 0 Å². The Hall–Kier alpha value is -0.780. The van der Waals surface area contributed by atoms with Crippen molar-refractivity contribution in [2.45, 2.75) is 33.2 Å². The first kappa shape index (κ1) is 12.7. The Morgan fingerprint density at radius 2 is 1.88 bits per heavy atom. The fraction of sp³-hybridized carbons (Fsp3) is 0.500. The zero-order chi connectivity index (χ0) is 12.3. The van der Waals surface area contributed by atoms with Crippen molar-refractivity contribution in [3.8, 4) is 0 Å². The minimum Gasteiger partial charge on any atom is -0.308 e. The highest BCUT2D eigenvalue weighted by Gasteiger charge is 2.08. The Balaban J connectivity index is 1.78. The molecule has 0 aromatic carbocycles. The molecule has 0 fully saturated rings. The van der Waals surface area contributed by atoms with Crippen molar-refractivity contribution < 1.29 is 0 Å². The summed E-state index contributed by atoms with van der Waals surface area (Å²) in [5, 5.41) is 10.0. The molecule has 1 atom stereocenters. The van der Waals surface area contributed by atoms with E-state index < -0.39 is 0 Å². The Morgan fingerprint density at radius 3 is 2.47 bits per heavy atom. The van der Waals surface area contributed by atoms with Gasteiger partial charge in [-0.2, -0.15) is 0 Å². The van der Waals surface area contributed by atoms with Gasteiger partial charge in [-0.3, -0.25) is 0 Å². The van der Waals surface area contributed by atoms with Crippen molar-refractivity contribution in [1.82, 2.24) is 15.3 Å². The topological polar surface area (TPSA) is 37.8 Å². The lowest BCUT2D eigenvalue weighted by Crippen LogP contribution is -2.21. The molecule has 0 saturated carbocycles. The summed E-state index contributed by atoms with van der Waals surface area (Å²) in [7, 11) is 0. The maximum Gasteiger partial charge on any atom is 0.0898 e. The van der Waals surface area contributed by atoms with Crippen LogP contribution in [0, 0.1) is 13.8 Å². The van der Waals surface area contributed by atoms with E-state index in [1.807, 2.05) is 13.8 Å². The summed E-state index contributed by atoms with van der Waals surface area (Å²) >= 11 is 3.42. The number of nitrogens with zero attached hydrogens (tertiary/aromatic N) is 2. The normalized spacial score (nSPS) is 12.9. The molecule has 0 aliphatic rings. The van der Waals surface area contributed by atoms with Gasteiger partial charge in [0.25, 0.3) is 0 Å². The van der Waals surface area contributed by atoms with E-state index in [0.29, 0.717) is 6.04 Å². The molecule has 5 heteroatoms. The maximum atomic E-state index is 4.48. The van der Waals surface area contributed by atoms with Crippen LogP contribution >= 0.6 is 22.7 Å². The molecule has 2 aromatic heterocycles. The van der Waals surface area contributed by atoms with Crippen LogP contribution in [0.25, 0.3) is 0 Å². The van der Waals surface area contributed by atoms with Crippen LogP contribution in [0.5, 0.6) is 0 Å². The summed E-state index contributed by atoms with van der Waals surface area (Å²) in [4.78, 5) is 8.93. The molecule has 0 spiro atoms. The number of rotatable bonds is 5. The van der Waals surface area contributed by atoms with Gasteiger partial charge in [-0.15, -0.1) is 22.7 Å². The van der Waals surface area contributed by atoms with Gasteiger partial charge in [0.15, 0.2) is 0 Å². The molecule has 0 aliphatic carbocycles. The van der Waals surface area contributed by atoms with Gasteiger partial charge in [0.1, 0.15) is 0 Å². The van der Waals surface area contributed by atoms with E-state index in [1.54, 1.807) is 22.7 Å². The Bertz CT molecular complexity index is 476. The van der Waals surface area contributed by atoms with Gasteiger partial charge in [-0.1, -0.05) is 0 Å². The van der Waals surface area contributed by atoms with E-state index in [1.165, 1.54) is 5.69 Å². The summed E-state index contributed by atoms with van der Waals surface area (Å²) in [6.07, 6.45) is 0.984. The van der Waals surface area contributed by atoms with Crippen LogP contribution in [0.1, 0.15) is 34.4 Å². The smallest absolute Gasteiger partial charge is 0.0898 e. The number of hydrogen-bond donors (Lipinski definition) is 1. The molecule has 0 aliphatic heterocycles. The molecule has 2 rings (SSSR count). The van der Waals surface area contributed by atoms with E-state index in [2.05, 4.69) is 33.0 Å². The fourth-order valence-corrected chi connectivity index (χ4v) is 2.98. The quantitative estimate of drug-likeness (QED) is 0.904. The molecule has 92 valence electrons. The second-order valence-corrected chi connectivity index (χ2v) is 6.20. The highest BCUT2D eigenvalue weighted by Crippen LogP contribution is 2.15. The molecular weight excluding hydrogens is 250 g/mol. The molecule has 1 N–H and O–H groups in total. The van der Waals surface area contributed by atoms with Gasteiger partial charge in [-0.25, -0.2) is 9.97 Å². The molecule has 3 nitrogen and oxygen atoms in total. The van der Waals surface area contributed by atoms with Crippen LogP contribution in [0.2, 0.25) is 0 Å². The van der Waals surface area contributed by atoms with Crippen molar-refractivity contribution in [1.29, 1.82) is 0 Å². The molecule has 0 amide bonds. The van der Waals surface area contributed by atoms with Crippen LogP contribution in [0.4, 0.5) is 0 Å². The lowest BCUT2D eigenvalue weighted by Gasteiger charge is -2.10. The molecule has 17 heavy (non-hydrogen) atoms. The summed E-state index contributed by atoms with van der Waals surface area (Å²) in [5.41, 5.74) is 2.32. The zero-order valence-corrected chi connectivity index (χ0v) is 12.0. The van der Waals surface area contributed by atoms with Crippen LogP contribution < -0.4 is 5.32 Å². The first-order valence-electron chi connectivity index (χ1n) is 5.71. The van der Waals surface area contributed by atoms with Crippen molar-refractivity contribution in [2.24, 2.45) is 0 Å². The zero-order valence-electron chi connectivity index (χ0n) is 10.4. The third-order valence-electron chi connectivity index (χ3n) is 2.58. The second-order valence-electron chi connectivity index (χ2n) is 4.08. The van der Waals surface area contributed by atoms with Gasteiger partial charge in [0, 0.05) is 29.8 Å². The third-order valence-corrected chi connectivity index (χ3v) is 4.19. The first-order valence-corrected chi connectivity index (χ1v) is 7.47. The van der Waals surface area contributed by atoms with Crippen molar-refractivity contribution in [2.75, 3.05) is 6.54 Å². The maximum absolute atomic E-state index is 4.48. The standard InChI is InChI=1S/C12H17N3S2/c1-8(12-7-17-10(3)15-12)13-5-4-11-6-16-9(2)14-11/h6-8,13H,4-5H2,1-3H3. The highest BCUT2D eigenvalue weighted by atomic mass is 32.1. The molecule has 2 aromatic rings. The predicted molar refractivity (Wildman–Crippen MR) is 73.8 cm³/mol. The summed E-state index contributed by atoms with van der Waals surface area (Å²) < 4.78 is 0. The number of nitrogens with one attached hydrogen (secondary N) is 1.